The molecule has 0 aliphatic carbocycles. The van der Waals surface area contributed by atoms with Crippen molar-refractivity contribution in [2.75, 3.05) is 13.2 Å². The van der Waals surface area contributed by atoms with Gasteiger partial charge < -0.3 is 19.2 Å². The summed E-state index contributed by atoms with van der Waals surface area (Å²) in [6, 6.07) is 12.2. The molecule has 1 fully saturated rings. The molecule has 0 spiro atoms. The first kappa shape index (κ1) is 19.1. The fourth-order valence-electron chi connectivity index (χ4n) is 3.29. The van der Waals surface area contributed by atoms with E-state index in [-0.39, 0.29) is 18.3 Å². The predicted octanol–water partition coefficient (Wildman–Crippen LogP) is 3.15. The normalized spacial score (nSPS) is 16.1. The molecule has 1 aromatic heterocycles. The number of benzene rings is 2. The van der Waals surface area contributed by atoms with Gasteiger partial charge in [0.2, 0.25) is 0 Å². The zero-order valence-electron chi connectivity index (χ0n) is 16.1. The molecule has 2 heterocycles. The number of para-hydroxylation sites is 1. The van der Waals surface area contributed by atoms with Crippen LogP contribution in [0.1, 0.15) is 34.6 Å². The average molecular weight is 394 g/mol. The van der Waals surface area contributed by atoms with Crippen LogP contribution in [0.2, 0.25) is 0 Å². The number of nitrogens with one attached hydrogen (secondary N) is 1. The molecule has 1 aliphatic rings. The molecule has 0 amide bonds. The lowest BCUT2D eigenvalue weighted by atomic mass is 10.1. The van der Waals surface area contributed by atoms with Gasteiger partial charge in [-0.15, -0.1) is 0 Å². The molecule has 1 N–H and O–H groups in total. The molecule has 0 unspecified atom stereocenters. The van der Waals surface area contributed by atoms with Gasteiger partial charge in [0.25, 0.3) is 5.56 Å². The summed E-state index contributed by atoms with van der Waals surface area (Å²) >= 11 is 0. The van der Waals surface area contributed by atoms with Crippen molar-refractivity contribution < 1.29 is 19.0 Å². The number of carbonyl (C=O) groups is 1. The van der Waals surface area contributed by atoms with Crippen LogP contribution in [0.3, 0.4) is 0 Å². The third-order valence-electron chi connectivity index (χ3n) is 4.88. The Bertz CT molecular complexity index is 1070. The van der Waals surface area contributed by atoms with Gasteiger partial charge in [-0.1, -0.05) is 12.1 Å². The fraction of sp³-hybridized carbons (Fsp3) is 0.318. The molecule has 4 rings (SSSR count). The summed E-state index contributed by atoms with van der Waals surface area (Å²) in [4.78, 5) is 31.6. The number of H-pyrrole nitrogens is 1. The van der Waals surface area contributed by atoms with Crippen LogP contribution in [0.4, 0.5) is 0 Å². The molecule has 1 saturated heterocycles. The SMILES string of the molecule is Cc1cccc2c(=O)[nH]c(COC(=O)c3ccc(OC[C@H]4CCCO4)cc3)nc12. The zero-order valence-corrected chi connectivity index (χ0v) is 16.1. The number of aromatic nitrogens is 2. The quantitative estimate of drug-likeness (QED) is 0.646. The maximum absolute atomic E-state index is 12.3. The van der Waals surface area contributed by atoms with Crippen molar-refractivity contribution in [3.8, 4) is 5.75 Å². The highest BCUT2D eigenvalue weighted by Crippen LogP contribution is 2.17. The number of aromatic amines is 1. The summed E-state index contributed by atoms with van der Waals surface area (Å²) < 4.78 is 16.5. The Balaban J connectivity index is 1.37. The van der Waals surface area contributed by atoms with Gasteiger partial charge in [-0.25, -0.2) is 9.78 Å². The molecule has 0 bridgehead atoms. The number of nitrogens with zero attached hydrogens (tertiary/aromatic N) is 1. The molecule has 0 radical (unpaired) electrons. The number of aryl methyl sites for hydroxylation is 1. The van der Waals surface area contributed by atoms with Crippen molar-refractivity contribution in [2.24, 2.45) is 0 Å². The van der Waals surface area contributed by atoms with Gasteiger partial charge in [-0.05, 0) is 55.7 Å². The highest BCUT2D eigenvalue weighted by Gasteiger charge is 2.16. The van der Waals surface area contributed by atoms with Gasteiger partial charge in [0.15, 0.2) is 0 Å². The van der Waals surface area contributed by atoms with Crippen LogP contribution in [-0.2, 0) is 16.1 Å². The average Bonchev–Trinajstić information content (AvgIpc) is 3.25. The van der Waals surface area contributed by atoms with Crippen molar-refractivity contribution in [1.29, 1.82) is 0 Å². The summed E-state index contributed by atoms with van der Waals surface area (Å²) in [5.41, 5.74) is 1.64. The van der Waals surface area contributed by atoms with Gasteiger partial charge in [-0.2, -0.15) is 0 Å². The van der Waals surface area contributed by atoms with Gasteiger partial charge in [0, 0.05) is 6.61 Å². The van der Waals surface area contributed by atoms with E-state index in [1.807, 2.05) is 19.1 Å². The third-order valence-corrected chi connectivity index (χ3v) is 4.88. The summed E-state index contributed by atoms with van der Waals surface area (Å²) in [5, 5.41) is 0.513. The van der Waals surface area contributed by atoms with E-state index in [4.69, 9.17) is 14.2 Å². The molecule has 3 aromatic rings. The number of hydrogen-bond acceptors (Lipinski definition) is 6. The minimum atomic E-state index is -0.497. The molecule has 1 aliphatic heterocycles. The van der Waals surface area contributed by atoms with Crippen molar-refractivity contribution >= 4 is 16.9 Å². The predicted molar refractivity (Wildman–Crippen MR) is 107 cm³/mol. The number of ether oxygens (including phenoxy) is 3. The lowest BCUT2D eigenvalue weighted by molar-refractivity contribution is 0.0462. The van der Waals surface area contributed by atoms with Crippen LogP contribution in [0.5, 0.6) is 5.75 Å². The highest BCUT2D eigenvalue weighted by atomic mass is 16.5. The van der Waals surface area contributed by atoms with Crippen molar-refractivity contribution in [1.82, 2.24) is 9.97 Å². The Hall–Kier alpha value is -3.19. The van der Waals surface area contributed by atoms with Crippen LogP contribution >= 0.6 is 0 Å². The largest absolute Gasteiger partial charge is 0.491 e. The Morgan fingerprint density at radius 3 is 2.83 bits per heavy atom. The Labute approximate surface area is 167 Å². The number of hydrogen-bond donors (Lipinski definition) is 1. The number of fused-ring (bicyclic) bond motifs is 1. The molecule has 7 nitrogen and oxygen atoms in total. The van der Waals surface area contributed by atoms with Crippen molar-refractivity contribution in [2.45, 2.75) is 32.5 Å². The fourth-order valence-corrected chi connectivity index (χ4v) is 3.29. The standard InChI is InChI=1S/C22H22N2O5/c1-14-4-2-6-18-20(14)23-19(24-21(18)25)13-29-22(26)15-7-9-16(10-8-15)28-12-17-5-3-11-27-17/h2,4,6-10,17H,3,5,11-13H2,1H3,(H,23,24,25)/t17-/m1/s1. The van der Waals surface area contributed by atoms with E-state index in [0.717, 1.165) is 25.0 Å². The molecular weight excluding hydrogens is 372 g/mol. The summed E-state index contributed by atoms with van der Waals surface area (Å²) in [5.74, 6) is 0.484. The van der Waals surface area contributed by atoms with E-state index in [1.54, 1.807) is 30.3 Å². The maximum atomic E-state index is 12.3. The van der Waals surface area contributed by atoms with Crippen LogP contribution in [0.25, 0.3) is 10.9 Å². The Kier molecular flexibility index (Phi) is 5.57. The molecule has 7 heteroatoms. The zero-order chi connectivity index (χ0) is 20.2. The first-order valence-electron chi connectivity index (χ1n) is 9.60. The van der Waals surface area contributed by atoms with E-state index < -0.39 is 5.97 Å². The summed E-state index contributed by atoms with van der Waals surface area (Å²) in [7, 11) is 0. The minimum absolute atomic E-state index is 0.115. The van der Waals surface area contributed by atoms with Crippen molar-refractivity contribution in [3.63, 3.8) is 0 Å². The Morgan fingerprint density at radius 1 is 1.24 bits per heavy atom. The second kappa shape index (κ2) is 8.45. The smallest absolute Gasteiger partial charge is 0.338 e. The maximum Gasteiger partial charge on any atom is 0.338 e. The van der Waals surface area contributed by atoms with Crippen LogP contribution in [0, 0.1) is 6.92 Å². The molecule has 1 atom stereocenters. The number of carbonyl (C=O) groups excluding carboxylic acids is 1. The molecule has 0 saturated carbocycles. The summed E-state index contributed by atoms with van der Waals surface area (Å²) in [6.45, 7) is 3.06. The first-order valence-corrected chi connectivity index (χ1v) is 9.60. The van der Waals surface area contributed by atoms with E-state index in [1.165, 1.54) is 0 Å². The topological polar surface area (TPSA) is 90.5 Å². The third kappa shape index (κ3) is 4.46. The van der Waals surface area contributed by atoms with Gasteiger partial charge in [-0.3, -0.25) is 4.79 Å². The van der Waals surface area contributed by atoms with E-state index in [2.05, 4.69) is 9.97 Å². The van der Waals surface area contributed by atoms with Crippen LogP contribution in [0.15, 0.2) is 47.3 Å². The van der Waals surface area contributed by atoms with E-state index >= 15 is 0 Å². The van der Waals surface area contributed by atoms with Gasteiger partial charge in [0.1, 0.15) is 24.8 Å². The molecule has 150 valence electrons. The number of rotatable bonds is 6. The minimum Gasteiger partial charge on any atom is -0.491 e. The Morgan fingerprint density at radius 2 is 2.07 bits per heavy atom. The monoisotopic (exact) mass is 394 g/mol. The second-order valence-corrected chi connectivity index (χ2v) is 7.03. The summed E-state index contributed by atoms with van der Waals surface area (Å²) in [6.07, 6.45) is 2.21. The van der Waals surface area contributed by atoms with Gasteiger partial charge >= 0.3 is 5.97 Å². The molecule has 2 aromatic carbocycles. The van der Waals surface area contributed by atoms with E-state index in [9.17, 15) is 9.59 Å². The lowest BCUT2D eigenvalue weighted by Crippen LogP contribution is -2.16. The van der Waals surface area contributed by atoms with E-state index in [0.29, 0.717) is 34.6 Å². The lowest BCUT2D eigenvalue weighted by Gasteiger charge is -2.11. The highest BCUT2D eigenvalue weighted by molar-refractivity contribution is 5.89. The van der Waals surface area contributed by atoms with Crippen molar-refractivity contribution in [3.05, 3.63) is 69.8 Å². The van der Waals surface area contributed by atoms with Crippen LogP contribution in [-0.4, -0.2) is 35.3 Å². The molecular formula is C22H22N2O5. The number of esters is 1. The van der Waals surface area contributed by atoms with Gasteiger partial charge in [0.05, 0.1) is 22.6 Å². The molecule has 29 heavy (non-hydrogen) atoms. The second-order valence-electron chi connectivity index (χ2n) is 7.03. The van der Waals surface area contributed by atoms with Crippen LogP contribution < -0.4 is 10.3 Å². The first-order chi connectivity index (χ1) is 14.1.